The molecular weight excluding hydrogens is 308 g/mol. The van der Waals surface area contributed by atoms with Gasteiger partial charge in [0.15, 0.2) is 0 Å². The van der Waals surface area contributed by atoms with Crippen molar-refractivity contribution in [3.63, 3.8) is 0 Å². The summed E-state index contributed by atoms with van der Waals surface area (Å²) in [7, 11) is 3.53. The van der Waals surface area contributed by atoms with Gasteiger partial charge in [0.2, 0.25) is 0 Å². The monoisotopic (exact) mass is 340 g/mol. The van der Waals surface area contributed by atoms with Crippen molar-refractivity contribution in [1.82, 2.24) is 20.0 Å². The molecule has 0 aromatic rings. The molecule has 0 bridgehead atoms. The average Bonchev–Trinajstić information content (AvgIpc) is 3.02. The number of ether oxygens (including phenoxy) is 1. The van der Waals surface area contributed by atoms with Crippen molar-refractivity contribution in [3.8, 4) is 0 Å². The number of hydrogen-bond acceptors (Lipinski definition) is 3. The van der Waals surface area contributed by atoms with Crippen LogP contribution in [0.15, 0.2) is 0 Å². The van der Waals surface area contributed by atoms with E-state index in [0.29, 0.717) is 38.8 Å². The Bertz CT molecular complexity index is 436. The van der Waals surface area contributed by atoms with Crippen molar-refractivity contribution in [1.29, 1.82) is 0 Å². The lowest BCUT2D eigenvalue weighted by Crippen LogP contribution is -2.54. The van der Waals surface area contributed by atoms with Gasteiger partial charge in [0.25, 0.3) is 0 Å². The van der Waals surface area contributed by atoms with Crippen LogP contribution in [0.1, 0.15) is 33.1 Å². The van der Waals surface area contributed by atoms with Gasteiger partial charge in [-0.3, -0.25) is 0 Å². The van der Waals surface area contributed by atoms with E-state index in [1.165, 1.54) is 0 Å². The van der Waals surface area contributed by atoms with Crippen molar-refractivity contribution in [3.05, 3.63) is 0 Å². The molecule has 7 heteroatoms. The van der Waals surface area contributed by atoms with E-state index in [1.807, 2.05) is 9.80 Å². The van der Waals surface area contributed by atoms with Crippen LogP contribution in [0.5, 0.6) is 0 Å². The van der Waals surface area contributed by atoms with Crippen LogP contribution in [0.2, 0.25) is 0 Å². The molecule has 2 aliphatic rings. The van der Waals surface area contributed by atoms with Gasteiger partial charge in [0, 0.05) is 53.0 Å². The van der Waals surface area contributed by atoms with E-state index >= 15 is 0 Å². The summed E-state index contributed by atoms with van der Waals surface area (Å²) >= 11 is 0. The molecule has 2 aliphatic heterocycles. The number of rotatable bonds is 4. The first-order valence-corrected chi connectivity index (χ1v) is 9.00. The van der Waals surface area contributed by atoms with Crippen LogP contribution >= 0.6 is 0 Å². The fourth-order valence-electron chi connectivity index (χ4n) is 3.40. The van der Waals surface area contributed by atoms with Crippen LogP contribution in [0.3, 0.4) is 0 Å². The fraction of sp³-hybridized carbons (Fsp3) is 0.882. The SMILES string of the molecule is CC(C)CNC(=O)N(C1CCOCC1)C1CCN(C(=O)N(C)C)C1. The Morgan fingerprint density at radius 2 is 1.83 bits per heavy atom. The molecule has 2 saturated heterocycles. The van der Waals surface area contributed by atoms with Crippen molar-refractivity contribution < 1.29 is 14.3 Å². The molecule has 7 nitrogen and oxygen atoms in total. The van der Waals surface area contributed by atoms with Crippen LogP contribution in [0, 0.1) is 5.92 Å². The standard InChI is InChI=1S/C17H32N4O3/c1-13(2)11-18-16(22)21(14-6-9-24-10-7-14)15-5-8-20(12-15)17(23)19(3)4/h13-15H,5-12H2,1-4H3,(H,18,22). The summed E-state index contributed by atoms with van der Waals surface area (Å²) in [4.78, 5) is 30.4. The summed E-state index contributed by atoms with van der Waals surface area (Å²) < 4.78 is 5.45. The number of carbonyl (C=O) groups is 2. The molecule has 0 aromatic heterocycles. The Kier molecular flexibility index (Phi) is 6.71. The zero-order chi connectivity index (χ0) is 17.7. The number of amides is 4. The van der Waals surface area contributed by atoms with Gasteiger partial charge in [-0.05, 0) is 25.2 Å². The largest absolute Gasteiger partial charge is 0.381 e. The highest BCUT2D eigenvalue weighted by molar-refractivity contribution is 5.76. The first-order chi connectivity index (χ1) is 11.4. The van der Waals surface area contributed by atoms with Gasteiger partial charge in [0.1, 0.15) is 0 Å². The van der Waals surface area contributed by atoms with Gasteiger partial charge >= 0.3 is 12.1 Å². The highest BCUT2D eigenvalue weighted by Crippen LogP contribution is 2.24. The molecule has 0 radical (unpaired) electrons. The Hall–Kier alpha value is -1.50. The summed E-state index contributed by atoms with van der Waals surface area (Å²) in [5.41, 5.74) is 0. The van der Waals surface area contributed by atoms with Crippen LogP contribution < -0.4 is 5.32 Å². The number of carbonyl (C=O) groups excluding carboxylic acids is 2. The quantitative estimate of drug-likeness (QED) is 0.845. The number of urea groups is 2. The van der Waals surface area contributed by atoms with E-state index < -0.39 is 0 Å². The lowest BCUT2D eigenvalue weighted by Gasteiger charge is -2.38. The number of likely N-dealkylation sites (tertiary alicyclic amines) is 1. The second-order valence-electron chi connectivity index (χ2n) is 7.40. The molecule has 2 rings (SSSR count). The Balaban J connectivity index is 2.05. The zero-order valence-electron chi connectivity index (χ0n) is 15.5. The first-order valence-electron chi connectivity index (χ1n) is 9.00. The maximum atomic E-state index is 12.8. The molecule has 0 aliphatic carbocycles. The Morgan fingerprint density at radius 1 is 1.17 bits per heavy atom. The van der Waals surface area contributed by atoms with Crippen molar-refractivity contribution in [2.45, 2.75) is 45.2 Å². The van der Waals surface area contributed by atoms with E-state index in [1.54, 1.807) is 19.0 Å². The summed E-state index contributed by atoms with van der Waals surface area (Å²) in [5, 5.41) is 3.06. The third-order valence-electron chi connectivity index (χ3n) is 4.69. The fourth-order valence-corrected chi connectivity index (χ4v) is 3.40. The minimum Gasteiger partial charge on any atom is -0.381 e. The van der Waals surface area contributed by atoms with Crippen LogP contribution in [0.25, 0.3) is 0 Å². The lowest BCUT2D eigenvalue weighted by molar-refractivity contribution is 0.0342. The average molecular weight is 340 g/mol. The van der Waals surface area contributed by atoms with E-state index in [0.717, 1.165) is 19.3 Å². The van der Waals surface area contributed by atoms with Crippen LogP contribution in [-0.4, -0.2) is 85.8 Å². The third kappa shape index (κ3) is 4.75. The minimum atomic E-state index is -0.000230. The van der Waals surface area contributed by atoms with Crippen LogP contribution in [0.4, 0.5) is 9.59 Å². The molecule has 24 heavy (non-hydrogen) atoms. The second-order valence-corrected chi connectivity index (χ2v) is 7.40. The first kappa shape index (κ1) is 18.8. The van der Waals surface area contributed by atoms with Gasteiger partial charge in [-0.1, -0.05) is 13.8 Å². The minimum absolute atomic E-state index is 0.000230. The zero-order valence-corrected chi connectivity index (χ0v) is 15.5. The maximum absolute atomic E-state index is 12.8. The highest BCUT2D eigenvalue weighted by atomic mass is 16.5. The molecule has 0 aromatic carbocycles. The van der Waals surface area contributed by atoms with E-state index in [4.69, 9.17) is 4.74 Å². The third-order valence-corrected chi connectivity index (χ3v) is 4.69. The summed E-state index contributed by atoms with van der Waals surface area (Å²) in [6.07, 6.45) is 2.58. The van der Waals surface area contributed by atoms with Gasteiger partial charge in [-0.2, -0.15) is 0 Å². The highest BCUT2D eigenvalue weighted by Gasteiger charge is 2.37. The van der Waals surface area contributed by atoms with Gasteiger partial charge < -0.3 is 24.8 Å². The molecule has 4 amide bonds. The van der Waals surface area contributed by atoms with E-state index in [-0.39, 0.29) is 24.1 Å². The van der Waals surface area contributed by atoms with Crippen molar-refractivity contribution in [2.24, 2.45) is 5.92 Å². The predicted molar refractivity (Wildman–Crippen MR) is 93.0 cm³/mol. The summed E-state index contributed by atoms with van der Waals surface area (Å²) in [6.45, 7) is 7.57. The van der Waals surface area contributed by atoms with Gasteiger partial charge in [0.05, 0.1) is 6.04 Å². The molecule has 138 valence electrons. The molecule has 1 unspecified atom stereocenters. The van der Waals surface area contributed by atoms with Crippen molar-refractivity contribution >= 4 is 12.1 Å². The van der Waals surface area contributed by atoms with E-state index in [2.05, 4.69) is 19.2 Å². The van der Waals surface area contributed by atoms with Crippen molar-refractivity contribution in [2.75, 3.05) is 46.9 Å². The smallest absolute Gasteiger partial charge is 0.319 e. The molecule has 1 N–H and O–H groups in total. The topological polar surface area (TPSA) is 65.1 Å². The molecular formula is C17H32N4O3. The van der Waals surface area contributed by atoms with Gasteiger partial charge in [-0.25, -0.2) is 9.59 Å². The molecule has 0 spiro atoms. The van der Waals surface area contributed by atoms with E-state index in [9.17, 15) is 9.59 Å². The number of nitrogens with zero attached hydrogens (tertiary/aromatic N) is 3. The molecule has 0 saturated carbocycles. The Morgan fingerprint density at radius 3 is 2.42 bits per heavy atom. The maximum Gasteiger partial charge on any atom is 0.319 e. The number of hydrogen-bond donors (Lipinski definition) is 1. The number of nitrogens with one attached hydrogen (secondary N) is 1. The van der Waals surface area contributed by atoms with Crippen LogP contribution in [-0.2, 0) is 4.74 Å². The summed E-state index contributed by atoms with van der Waals surface area (Å²) in [5.74, 6) is 0.417. The predicted octanol–water partition coefficient (Wildman–Crippen LogP) is 1.59. The second kappa shape index (κ2) is 8.55. The normalized spacial score (nSPS) is 21.9. The molecule has 2 heterocycles. The lowest BCUT2D eigenvalue weighted by atomic mass is 10.0. The Labute approximate surface area is 145 Å². The molecule has 2 fully saturated rings. The summed E-state index contributed by atoms with van der Waals surface area (Å²) in [6, 6.07) is 0.307. The molecule has 1 atom stereocenters. The van der Waals surface area contributed by atoms with Gasteiger partial charge in [-0.15, -0.1) is 0 Å².